The van der Waals surface area contributed by atoms with Gasteiger partial charge in [0, 0.05) is 33.0 Å². The predicted molar refractivity (Wildman–Crippen MR) is 123 cm³/mol. The SMILES string of the molecule is O=C(O)[C@@H]1CS[C@H](c2ccccc2Cl)N1C(=O)c1ccc(C#Cc2ccccc2)cc1. The van der Waals surface area contributed by atoms with Crippen LogP contribution in [0.15, 0.2) is 78.9 Å². The highest BCUT2D eigenvalue weighted by atomic mass is 35.5. The smallest absolute Gasteiger partial charge is 0.327 e. The van der Waals surface area contributed by atoms with Gasteiger partial charge in [0.15, 0.2) is 0 Å². The Morgan fingerprint density at radius 1 is 0.903 bits per heavy atom. The molecule has 31 heavy (non-hydrogen) atoms. The van der Waals surface area contributed by atoms with Crippen LogP contribution in [0.25, 0.3) is 0 Å². The van der Waals surface area contributed by atoms with Gasteiger partial charge >= 0.3 is 5.97 Å². The summed E-state index contributed by atoms with van der Waals surface area (Å²) >= 11 is 7.74. The minimum Gasteiger partial charge on any atom is -0.480 e. The Labute approximate surface area is 189 Å². The fourth-order valence-corrected chi connectivity index (χ4v) is 5.13. The topological polar surface area (TPSA) is 57.6 Å². The zero-order valence-electron chi connectivity index (χ0n) is 16.4. The van der Waals surface area contributed by atoms with Gasteiger partial charge in [0.1, 0.15) is 11.4 Å². The highest BCUT2D eigenvalue weighted by Gasteiger charge is 2.43. The average molecular weight is 448 g/mol. The molecule has 0 bridgehead atoms. The van der Waals surface area contributed by atoms with Gasteiger partial charge in [-0.1, -0.05) is 59.8 Å². The van der Waals surface area contributed by atoms with E-state index in [2.05, 4.69) is 11.8 Å². The summed E-state index contributed by atoms with van der Waals surface area (Å²) in [6.45, 7) is 0. The Morgan fingerprint density at radius 2 is 1.52 bits per heavy atom. The van der Waals surface area contributed by atoms with E-state index >= 15 is 0 Å². The molecule has 2 atom stereocenters. The minimum atomic E-state index is -1.03. The number of halogens is 1. The molecule has 6 heteroatoms. The van der Waals surface area contributed by atoms with Crippen molar-refractivity contribution in [1.29, 1.82) is 0 Å². The molecule has 1 saturated heterocycles. The second kappa shape index (κ2) is 9.30. The van der Waals surface area contributed by atoms with Gasteiger partial charge in [0.25, 0.3) is 5.91 Å². The summed E-state index contributed by atoms with van der Waals surface area (Å²) in [7, 11) is 0. The fraction of sp³-hybridized carbons (Fsp3) is 0.120. The first-order valence-electron chi connectivity index (χ1n) is 9.63. The number of hydrogen-bond donors (Lipinski definition) is 1. The van der Waals surface area contributed by atoms with Crippen LogP contribution in [0.3, 0.4) is 0 Å². The Balaban J connectivity index is 1.61. The molecule has 4 nitrogen and oxygen atoms in total. The van der Waals surface area contributed by atoms with Crippen LogP contribution < -0.4 is 0 Å². The van der Waals surface area contributed by atoms with E-state index in [1.54, 1.807) is 30.3 Å². The van der Waals surface area contributed by atoms with Gasteiger partial charge < -0.3 is 10.0 Å². The van der Waals surface area contributed by atoms with Gasteiger partial charge in [0.2, 0.25) is 0 Å². The van der Waals surface area contributed by atoms with Crippen LogP contribution >= 0.6 is 23.4 Å². The predicted octanol–water partition coefficient (Wildman–Crippen LogP) is 5.08. The van der Waals surface area contributed by atoms with Crippen LogP contribution in [-0.4, -0.2) is 33.7 Å². The molecule has 0 radical (unpaired) electrons. The number of nitrogens with zero attached hydrogens (tertiary/aromatic N) is 1. The third kappa shape index (κ3) is 4.61. The first-order chi connectivity index (χ1) is 15.0. The Bertz CT molecular complexity index is 1170. The lowest BCUT2D eigenvalue weighted by Crippen LogP contribution is -2.43. The molecule has 1 N–H and O–H groups in total. The standard InChI is InChI=1S/C25H18ClNO3S/c26-21-9-5-4-8-20(21)24-27(22(16-31-24)25(29)30)23(28)19-14-12-18(13-15-19)11-10-17-6-2-1-3-7-17/h1-9,12-15,22,24H,16H2,(H,29,30)/t22-,24+/m0/s1. The quantitative estimate of drug-likeness (QED) is 0.569. The average Bonchev–Trinajstić information content (AvgIpc) is 3.24. The molecule has 4 rings (SSSR count). The van der Waals surface area contributed by atoms with E-state index in [9.17, 15) is 14.7 Å². The summed E-state index contributed by atoms with van der Waals surface area (Å²) in [5.41, 5.74) is 2.82. The number of carboxylic acid groups (broad SMARTS) is 1. The maximum Gasteiger partial charge on any atom is 0.327 e. The molecule has 1 heterocycles. The van der Waals surface area contributed by atoms with E-state index < -0.39 is 17.4 Å². The Kier molecular flexibility index (Phi) is 6.31. The molecule has 1 fully saturated rings. The molecule has 154 valence electrons. The van der Waals surface area contributed by atoms with Crippen LogP contribution in [0.1, 0.15) is 32.4 Å². The summed E-state index contributed by atoms with van der Waals surface area (Å²) < 4.78 is 0. The van der Waals surface area contributed by atoms with Gasteiger partial charge in [-0.15, -0.1) is 11.8 Å². The van der Waals surface area contributed by atoms with Crippen molar-refractivity contribution in [2.24, 2.45) is 0 Å². The van der Waals surface area contributed by atoms with E-state index in [0.717, 1.165) is 16.7 Å². The van der Waals surface area contributed by atoms with Crippen molar-refractivity contribution in [3.05, 3.63) is 106 Å². The second-order valence-corrected chi connectivity index (χ2v) is 8.49. The lowest BCUT2D eigenvalue weighted by molar-refractivity contribution is -0.141. The largest absolute Gasteiger partial charge is 0.480 e. The summed E-state index contributed by atoms with van der Waals surface area (Å²) in [6, 6.07) is 22.8. The third-order valence-electron chi connectivity index (χ3n) is 4.95. The van der Waals surface area contributed by atoms with Gasteiger partial charge in [-0.05, 0) is 42.5 Å². The number of thioether (sulfide) groups is 1. The lowest BCUT2D eigenvalue weighted by Gasteiger charge is -2.28. The number of aliphatic carboxylic acids is 1. The van der Waals surface area contributed by atoms with Crippen LogP contribution in [0, 0.1) is 11.8 Å². The molecule has 1 aliphatic heterocycles. The number of hydrogen-bond acceptors (Lipinski definition) is 3. The molecule has 3 aromatic rings. The van der Waals surface area contributed by atoms with Gasteiger partial charge in [-0.25, -0.2) is 4.79 Å². The van der Waals surface area contributed by atoms with Crippen LogP contribution in [0.4, 0.5) is 0 Å². The van der Waals surface area contributed by atoms with Gasteiger partial charge in [-0.2, -0.15) is 0 Å². The van der Waals surface area contributed by atoms with Crippen molar-refractivity contribution in [2.45, 2.75) is 11.4 Å². The highest BCUT2D eigenvalue weighted by molar-refractivity contribution is 7.99. The van der Waals surface area contributed by atoms with Crippen molar-refractivity contribution in [3.8, 4) is 11.8 Å². The zero-order chi connectivity index (χ0) is 21.8. The van der Waals surface area contributed by atoms with Crippen molar-refractivity contribution in [1.82, 2.24) is 4.90 Å². The monoisotopic (exact) mass is 447 g/mol. The van der Waals surface area contributed by atoms with Crippen molar-refractivity contribution < 1.29 is 14.7 Å². The highest BCUT2D eigenvalue weighted by Crippen LogP contribution is 2.44. The van der Waals surface area contributed by atoms with Gasteiger partial charge in [-0.3, -0.25) is 4.79 Å². The van der Waals surface area contributed by atoms with E-state index in [1.165, 1.54) is 16.7 Å². The number of carbonyl (C=O) groups is 2. The molecule has 1 amide bonds. The summed E-state index contributed by atoms with van der Waals surface area (Å²) in [5, 5.41) is 9.73. The molecular weight excluding hydrogens is 430 g/mol. The molecule has 0 spiro atoms. The Morgan fingerprint density at radius 3 is 2.16 bits per heavy atom. The summed E-state index contributed by atoms with van der Waals surface area (Å²) in [6.07, 6.45) is 0. The number of benzene rings is 3. The molecular formula is C25H18ClNO3S. The number of amides is 1. The maximum atomic E-state index is 13.3. The van der Waals surface area contributed by atoms with Crippen LogP contribution in [0.5, 0.6) is 0 Å². The fourth-order valence-electron chi connectivity index (χ4n) is 3.37. The van der Waals surface area contributed by atoms with E-state index in [-0.39, 0.29) is 5.91 Å². The first-order valence-corrected chi connectivity index (χ1v) is 11.1. The molecule has 0 saturated carbocycles. The molecule has 3 aromatic carbocycles. The van der Waals surface area contributed by atoms with Crippen LogP contribution in [-0.2, 0) is 4.79 Å². The minimum absolute atomic E-state index is 0.303. The zero-order valence-corrected chi connectivity index (χ0v) is 17.9. The van der Waals surface area contributed by atoms with E-state index in [1.807, 2.05) is 48.5 Å². The maximum absolute atomic E-state index is 13.3. The normalized spacial score (nSPS) is 17.6. The lowest BCUT2D eigenvalue weighted by atomic mass is 10.1. The molecule has 0 aromatic heterocycles. The van der Waals surface area contributed by atoms with Gasteiger partial charge in [0.05, 0.1) is 0 Å². The number of rotatable bonds is 3. The number of carbonyl (C=O) groups excluding carboxylic acids is 1. The summed E-state index contributed by atoms with van der Waals surface area (Å²) in [4.78, 5) is 26.6. The Hall–Kier alpha value is -3.20. The van der Waals surface area contributed by atoms with E-state index in [0.29, 0.717) is 16.3 Å². The third-order valence-corrected chi connectivity index (χ3v) is 6.60. The van der Waals surface area contributed by atoms with Crippen molar-refractivity contribution >= 4 is 35.2 Å². The molecule has 1 aliphatic rings. The van der Waals surface area contributed by atoms with E-state index in [4.69, 9.17) is 11.6 Å². The van der Waals surface area contributed by atoms with Crippen molar-refractivity contribution in [3.63, 3.8) is 0 Å². The molecule has 0 aliphatic carbocycles. The van der Waals surface area contributed by atoms with Crippen LogP contribution in [0.2, 0.25) is 5.02 Å². The number of carboxylic acids is 1. The molecule has 0 unspecified atom stereocenters. The first kappa shape index (κ1) is 21.0. The van der Waals surface area contributed by atoms with Crippen molar-refractivity contribution in [2.75, 3.05) is 5.75 Å². The summed E-state index contributed by atoms with van der Waals surface area (Å²) in [5.74, 6) is 5.09. The second-order valence-electron chi connectivity index (χ2n) is 6.97.